The number of rotatable bonds is 4. The first-order valence-corrected chi connectivity index (χ1v) is 7.78. The van der Waals surface area contributed by atoms with Gasteiger partial charge in [0.05, 0.1) is 11.4 Å². The van der Waals surface area contributed by atoms with Crippen LogP contribution < -0.4 is 9.95 Å². The summed E-state index contributed by atoms with van der Waals surface area (Å²) in [7, 11) is 0. The van der Waals surface area contributed by atoms with E-state index in [9.17, 15) is 9.18 Å². The van der Waals surface area contributed by atoms with E-state index in [1.54, 1.807) is 39.0 Å². The van der Waals surface area contributed by atoms with Crippen LogP contribution in [0.5, 0.6) is 0 Å². The van der Waals surface area contributed by atoms with Gasteiger partial charge in [-0.15, -0.1) is 0 Å². The van der Waals surface area contributed by atoms with E-state index in [2.05, 4.69) is 10.4 Å². The Morgan fingerprint density at radius 3 is 2.38 bits per heavy atom. The number of hydrogen-bond acceptors (Lipinski definition) is 3. The maximum Gasteiger partial charge on any atom is 0.204 e. The van der Waals surface area contributed by atoms with Crippen molar-refractivity contribution in [3.8, 4) is 0 Å². The number of benzene rings is 2. The van der Waals surface area contributed by atoms with Crippen LogP contribution in [0.15, 0.2) is 59.6 Å². The highest BCUT2D eigenvalue weighted by Crippen LogP contribution is 2.20. The Hall–Kier alpha value is -2.40. The van der Waals surface area contributed by atoms with Crippen molar-refractivity contribution in [2.24, 2.45) is 10.4 Å². The number of carbonyl (C=O) groups is 1. The van der Waals surface area contributed by atoms with E-state index in [1.165, 1.54) is 22.7 Å². The molecule has 0 unspecified atom stereocenters. The van der Waals surface area contributed by atoms with Gasteiger partial charge in [0.25, 0.3) is 0 Å². The molecule has 0 aromatic heterocycles. The van der Waals surface area contributed by atoms with Crippen LogP contribution in [-0.4, -0.2) is 11.6 Å². The average molecular weight is 348 g/mol. The minimum absolute atomic E-state index is 0.0342. The van der Waals surface area contributed by atoms with Crippen molar-refractivity contribution >= 4 is 34.8 Å². The van der Waals surface area contributed by atoms with Crippen LogP contribution in [0.4, 0.5) is 15.8 Å². The zero-order valence-electron chi connectivity index (χ0n) is 13.8. The lowest BCUT2D eigenvalue weighted by Crippen LogP contribution is -2.44. The summed E-state index contributed by atoms with van der Waals surface area (Å²) in [5.74, 6) is -0.634. The van der Waals surface area contributed by atoms with E-state index in [0.717, 1.165) is 0 Å². The minimum Gasteiger partial charge on any atom is -0.290 e. The van der Waals surface area contributed by atoms with Crippen molar-refractivity contribution in [3.63, 3.8) is 0 Å². The van der Waals surface area contributed by atoms with Gasteiger partial charge < -0.3 is 0 Å². The fourth-order valence-electron chi connectivity index (χ4n) is 1.87. The largest absolute Gasteiger partial charge is 0.290 e. The molecule has 0 atom stereocenters. The van der Waals surface area contributed by atoms with Crippen LogP contribution in [0.25, 0.3) is 0 Å². The van der Waals surface area contributed by atoms with E-state index >= 15 is 0 Å². The van der Waals surface area contributed by atoms with Gasteiger partial charge in [0.15, 0.2) is 5.84 Å². The van der Waals surface area contributed by atoms with Gasteiger partial charge in [-0.3, -0.25) is 10.2 Å². The van der Waals surface area contributed by atoms with Crippen LogP contribution in [0.1, 0.15) is 20.8 Å². The third-order valence-electron chi connectivity index (χ3n) is 3.13. The number of anilines is 1. The molecule has 2 aromatic carbocycles. The van der Waals surface area contributed by atoms with Crippen molar-refractivity contribution < 1.29 is 9.18 Å². The van der Waals surface area contributed by atoms with E-state index < -0.39 is 11.2 Å². The van der Waals surface area contributed by atoms with E-state index in [4.69, 9.17) is 11.8 Å². The molecule has 0 aliphatic heterocycles. The number of ketones is 1. The zero-order valence-corrected chi connectivity index (χ0v) is 14.5. The van der Waals surface area contributed by atoms with Crippen LogP contribution in [-0.2, 0) is 4.79 Å². The normalized spacial score (nSPS) is 12.0. The van der Waals surface area contributed by atoms with Crippen molar-refractivity contribution in [1.29, 1.82) is 0 Å². The summed E-state index contributed by atoms with van der Waals surface area (Å²) in [4.78, 5) is 16.9. The minimum atomic E-state index is -0.673. The molecule has 24 heavy (non-hydrogen) atoms. The van der Waals surface area contributed by atoms with Crippen molar-refractivity contribution in [3.05, 3.63) is 60.4 Å². The molecule has 6 heteroatoms. The molecule has 0 aliphatic carbocycles. The van der Waals surface area contributed by atoms with Gasteiger partial charge in [0.2, 0.25) is 5.78 Å². The maximum atomic E-state index is 13.4. The van der Waals surface area contributed by atoms with Gasteiger partial charge in [-0.05, 0) is 30.3 Å². The molecule has 0 saturated carbocycles. The number of Topliss-reactive ketones (excluding diaryl/α,β-unsaturated/α-hetero) is 1. The summed E-state index contributed by atoms with van der Waals surface area (Å²) in [6.07, 6.45) is 0. The monoisotopic (exact) mass is 347 g/mol. The van der Waals surface area contributed by atoms with Crippen molar-refractivity contribution in [2.45, 2.75) is 20.8 Å². The lowest BCUT2D eigenvalue weighted by molar-refractivity contribution is -0.119. The number of hydrogen-bond donors (Lipinski definition) is 1. The summed E-state index contributed by atoms with van der Waals surface area (Å²) in [5.41, 5.74) is 3.08. The Bertz CT molecular complexity index is 741. The molecule has 1 N–H and O–H groups in total. The number of hydrazine groups is 1. The van der Waals surface area contributed by atoms with Gasteiger partial charge in [0.1, 0.15) is 5.82 Å². The number of nitrogens with one attached hydrogen (secondary N) is 1. The summed E-state index contributed by atoms with van der Waals surface area (Å²) in [5, 5.41) is 0. The Morgan fingerprint density at radius 1 is 1.12 bits per heavy atom. The Labute approximate surface area is 146 Å². The number of carbonyl (C=O) groups excluding carboxylic acids is 1. The second-order valence-electron chi connectivity index (χ2n) is 6.25. The summed E-state index contributed by atoms with van der Waals surface area (Å²) in [6.45, 7) is 5.33. The molecule has 4 nitrogen and oxygen atoms in total. The van der Waals surface area contributed by atoms with Crippen LogP contribution >= 0.6 is 11.8 Å². The third-order valence-corrected chi connectivity index (χ3v) is 3.41. The van der Waals surface area contributed by atoms with Crippen LogP contribution in [0.3, 0.4) is 0 Å². The molecule has 0 aliphatic rings. The number of para-hydroxylation sites is 1. The number of amidine groups is 1. The van der Waals surface area contributed by atoms with Crippen molar-refractivity contribution in [1.82, 2.24) is 5.43 Å². The van der Waals surface area contributed by atoms with E-state index in [0.29, 0.717) is 11.4 Å². The fourth-order valence-corrected chi connectivity index (χ4v) is 2.07. The Morgan fingerprint density at radius 2 is 1.79 bits per heavy atom. The summed E-state index contributed by atoms with van der Waals surface area (Å²) in [6, 6.07) is 14.8. The highest BCUT2D eigenvalue weighted by atomic mass is 35.5. The molecule has 2 rings (SSSR count). The SMILES string of the molecule is CC(C)(C)C(=O)C(=Nc1cccc(F)c1)NN(Cl)c1ccccc1. The summed E-state index contributed by atoms with van der Waals surface area (Å²) < 4.78 is 14.6. The number of nitrogens with zero attached hydrogens (tertiary/aromatic N) is 2. The molecular formula is C18H19ClFN3O. The second-order valence-corrected chi connectivity index (χ2v) is 6.59. The van der Waals surface area contributed by atoms with Gasteiger partial charge in [-0.2, -0.15) is 4.53 Å². The molecule has 0 fully saturated rings. The zero-order chi connectivity index (χ0) is 17.7. The highest BCUT2D eigenvalue weighted by molar-refractivity contribution is 6.42. The number of aliphatic imine (C=N–C) groups is 1. The molecule has 126 valence electrons. The smallest absolute Gasteiger partial charge is 0.204 e. The fraction of sp³-hybridized carbons (Fsp3) is 0.222. The standard InChI is InChI=1S/C18H19ClFN3O/c1-18(2,3)16(24)17(21-14-9-7-8-13(20)12-14)22-23(19)15-10-5-4-6-11-15/h4-12H,1-3H3,(H,21,22). The van der Waals surface area contributed by atoms with Gasteiger partial charge in [0, 0.05) is 17.2 Å². The maximum absolute atomic E-state index is 13.4. The van der Waals surface area contributed by atoms with Gasteiger partial charge in [-0.25, -0.2) is 9.38 Å². The first kappa shape index (κ1) is 17.9. The predicted molar refractivity (Wildman–Crippen MR) is 95.9 cm³/mol. The first-order chi connectivity index (χ1) is 11.3. The highest BCUT2D eigenvalue weighted by Gasteiger charge is 2.27. The molecule has 2 aromatic rings. The predicted octanol–water partition coefficient (Wildman–Crippen LogP) is 4.64. The molecule has 0 amide bonds. The molecule has 0 spiro atoms. The lowest BCUT2D eigenvalue weighted by Gasteiger charge is -2.23. The molecule has 0 saturated heterocycles. The van der Waals surface area contributed by atoms with Gasteiger partial charge >= 0.3 is 0 Å². The molecule has 0 heterocycles. The first-order valence-electron chi connectivity index (χ1n) is 7.44. The Balaban J connectivity index is 2.35. The van der Waals surface area contributed by atoms with E-state index in [1.807, 2.05) is 18.2 Å². The molecule has 0 radical (unpaired) electrons. The quantitative estimate of drug-likeness (QED) is 0.379. The Kier molecular flexibility index (Phi) is 5.57. The summed E-state index contributed by atoms with van der Waals surface area (Å²) >= 11 is 6.21. The van der Waals surface area contributed by atoms with E-state index in [-0.39, 0.29) is 11.6 Å². The molecular weight excluding hydrogens is 329 g/mol. The van der Waals surface area contributed by atoms with Crippen LogP contribution in [0.2, 0.25) is 0 Å². The lowest BCUT2D eigenvalue weighted by atomic mass is 9.90. The number of halogens is 2. The average Bonchev–Trinajstić information content (AvgIpc) is 2.53. The second kappa shape index (κ2) is 7.45. The van der Waals surface area contributed by atoms with Gasteiger partial charge in [-0.1, -0.05) is 45.0 Å². The third kappa shape index (κ3) is 4.80. The molecule has 0 bridgehead atoms. The topological polar surface area (TPSA) is 44.7 Å². The van der Waals surface area contributed by atoms with Crippen molar-refractivity contribution in [2.75, 3.05) is 4.53 Å². The van der Waals surface area contributed by atoms with Crippen LogP contribution in [0, 0.1) is 11.2 Å².